The molecule has 3 aromatic heterocycles. The lowest BCUT2D eigenvalue weighted by Gasteiger charge is -2.22. The lowest BCUT2D eigenvalue weighted by molar-refractivity contribution is 0.449. The zero-order chi connectivity index (χ0) is 31.3. The average molecular weight is 590 g/mol. The third kappa shape index (κ3) is 5.00. The number of aryl methyl sites for hydroxylation is 2. The molecular formula is C38H31N5O2. The average Bonchev–Trinajstić information content (AvgIpc) is 3.46. The summed E-state index contributed by atoms with van der Waals surface area (Å²) in [5.41, 5.74) is 6.77. The van der Waals surface area contributed by atoms with Crippen LogP contribution in [0, 0.1) is 20.4 Å². The number of hydrogen-bond donors (Lipinski definition) is 0. The van der Waals surface area contributed by atoms with Crippen LogP contribution in [0.3, 0.4) is 0 Å². The molecule has 0 aliphatic rings. The van der Waals surface area contributed by atoms with Crippen LogP contribution in [0.1, 0.15) is 37.5 Å². The van der Waals surface area contributed by atoms with Gasteiger partial charge in [-0.3, -0.25) is 4.40 Å². The Hall–Kier alpha value is -5.74. The van der Waals surface area contributed by atoms with Crippen molar-refractivity contribution in [1.82, 2.24) is 19.6 Å². The number of pyridine rings is 2. The van der Waals surface area contributed by atoms with Crippen LogP contribution in [0.25, 0.3) is 43.6 Å². The fourth-order valence-corrected chi connectivity index (χ4v) is 5.94. The molecule has 0 atom stereocenters. The van der Waals surface area contributed by atoms with Crippen molar-refractivity contribution in [2.45, 2.75) is 40.0 Å². The third-order valence-corrected chi connectivity index (χ3v) is 8.07. The molecular weight excluding hydrogens is 558 g/mol. The Labute approximate surface area is 261 Å². The van der Waals surface area contributed by atoms with E-state index in [1.807, 2.05) is 72.8 Å². The van der Waals surface area contributed by atoms with Crippen molar-refractivity contribution < 1.29 is 9.47 Å². The Morgan fingerprint density at radius 3 is 2.18 bits per heavy atom. The van der Waals surface area contributed by atoms with Gasteiger partial charge in [-0.1, -0.05) is 63.2 Å². The second-order valence-electron chi connectivity index (χ2n) is 12.3. The Bertz CT molecular complexity index is 2270. The van der Waals surface area contributed by atoms with Crippen molar-refractivity contribution >= 4 is 33.0 Å². The molecule has 0 radical (unpaired) electrons. The predicted molar refractivity (Wildman–Crippen MR) is 179 cm³/mol. The molecule has 0 saturated carbocycles. The van der Waals surface area contributed by atoms with Gasteiger partial charge in [0.2, 0.25) is 5.88 Å². The fraction of sp³-hybridized carbons (Fsp3) is 0.158. The summed E-state index contributed by atoms with van der Waals surface area (Å²) in [6, 6.07) is 29.2. The molecule has 45 heavy (non-hydrogen) atoms. The van der Waals surface area contributed by atoms with Crippen LogP contribution in [-0.4, -0.2) is 19.6 Å². The standard InChI is InChI=1S/C38H31N5O2/c1-23-19-25(38(3,4)5)20-24(2)34(23)37-42-41-36-30-22-28(16-17-29(30)35-31(39-6)13-10-14-32(35)43(36)37)44-26-11-9-12-27(21-26)45-33-15-7-8-18-40-33/h7-22H,1-5H3. The summed E-state index contributed by atoms with van der Waals surface area (Å²) in [6.45, 7) is 18.9. The van der Waals surface area contributed by atoms with E-state index in [2.05, 4.69) is 61.0 Å². The van der Waals surface area contributed by atoms with Crippen molar-refractivity contribution in [2.24, 2.45) is 0 Å². The summed E-state index contributed by atoms with van der Waals surface area (Å²) in [4.78, 5) is 8.14. The highest BCUT2D eigenvalue weighted by atomic mass is 16.5. The van der Waals surface area contributed by atoms with Gasteiger partial charge in [-0.2, -0.15) is 0 Å². The number of rotatable bonds is 5. The molecule has 7 aromatic rings. The van der Waals surface area contributed by atoms with Gasteiger partial charge >= 0.3 is 0 Å². The maximum atomic E-state index is 7.97. The highest BCUT2D eigenvalue weighted by Gasteiger charge is 2.22. The summed E-state index contributed by atoms with van der Waals surface area (Å²) < 4.78 is 14.3. The monoisotopic (exact) mass is 589 g/mol. The molecule has 0 fully saturated rings. The number of benzene rings is 4. The Kier molecular flexibility index (Phi) is 6.71. The van der Waals surface area contributed by atoms with Crippen molar-refractivity contribution in [3.8, 4) is 34.5 Å². The van der Waals surface area contributed by atoms with Gasteiger partial charge in [0.1, 0.15) is 17.2 Å². The molecule has 7 heteroatoms. The molecule has 0 bridgehead atoms. The topological polar surface area (TPSA) is 65.9 Å². The lowest BCUT2D eigenvalue weighted by Crippen LogP contribution is -2.12. The fourth-order valence-electron chi connectivity index (χ4n) is 5.94. The molecule has 0 aliphatic carbocycles. The van der Waals surface area contributed by atoms with E-state index in [-0.39, 0.29) is 5.41 Å². The largest absolute Gasteiger partial charge is 0.457 e. The van der Waals surface area contributed by atoms with Gasteiger partial charge in [-0.05, 0) is 77.7 Å². The van der Waals surface area contributed by atoms with Crippen LogP contribution >= 0.6 is 0 Å². The first-order valence-electron chi connectivity index (χ1n) is 14.8. The summed E-state index contributed by atoms with van der Waals surface area (Å²) >= 11 is 0. The summed E-state index contributed by atoms with van der Waals surface area (Å²) in [5.74, 6) is 3.12. The van der Waals surface area contributed by atoms with Gasteiger partial charge in [-0.25, -0.2) is 9.83 Å². The Balaban J connectivity index is 1.40. The molecule has 0 N–H and O–H groups in total. The molecule has 7 nitrogen and oxygen atoms in total. The van der Waals surface area contributed by atoms with Gasteiger partial charge in [-0.15, -0.1) is 10.2 Å². The molecule has 3 heterocycles. The van der Waals surface area contributed by atoms with E-state index in [9.17, 15) is 0 Å². The molecule has 4 aromatic carbocycles. The second kappa shape index (κ2) is 10.8. The van der Waals surface area contributed by atoms with Crippen molar-refractivity contribution in [3.05, 3.63) is 125 Å². The van der Waals surface area contributed by atoms with Crippen molar-refractivity contribution in [2.75, 3.05) is 0 Å². The maximum absolute atomic E-state index is 7.97. The van der Waals surface area contributed by atoms with Crippen LogP contribution in [0.2, 0.25) is 0 Å². The number of nitrogens with zero attached hydrogens (tertiary/aromatic N) is 5. The molecule has 0 amide bonds. The van der Waals surface area contributed by atoms with E-state index >= 15 is 0 Å². The van der Waals surface area contributed by atoms with E-state index in [0.29, 0.717) is 34.5 Å². The van der Waals surface area contributed by atoms with Crippen LogP contribution < -0.4 is 9.47 Å². The first kappa shape index (κ1) is 28.1. The highest BCUT2D eigenvalue weighted by molar-refractivity contribution is 6.17. The van der Waals surface area contributed by atoms with Gasteiger partial charge in [0.05, 0.1) is 6.57 Å². The van der Waals surface area contributed by atoms with E-state index in [1.165, 1.54) is 5.56 Å². The first-order valence-corrected chi connectivity index (χ1v) is 14.8. The van der Waals surface area contributed by atoms with E-state index in [4.69, 9.17) is 26.2 Å². The van der Waals surface area contributed by atoms with Gasteiger partial charge in [0.15, 0.2) is 17.2 Å². The normalized spacial score (nSPS) is 11.6. The van der Waals surface area contributed by atoms with Gasteiger partial charge in [0, 0.05) is 40.2 Å². The number of fused-ring (bicyclic) bond motifs is 6. The first-order chi connectivity index (χ1) is 21.7. The quantitative estimate of drug-likeness (QED) is 0.148. The molecule has 7 rings (SSSR count). The van der Waals surface area contributed by atoms with Gasteiger partial charge in [0.25, 0.3) is 0 Å². The number of ether oxygens (including phenoxy) is 2. The molecule has 0 spiro atoms. The van der Waals surface area contributed by atoms with Crippen LogP contribution in [0.4, 0.5) is 5.69 Å². The lowest BCUT2D eigenvalue weighted by atomic mass is 9.83. The van der Waals surface area contributed by atoms with Crippen molar-refractivity contribution in [3.63, 3.8) is 0 Å². The third-order valence-electron chi connectivity index (χ3n) is 8.07. The van der Waals surface area contributed by atoms with E-state index in [0.717, 1.165) is 44.2 Å². The minimum absolute atomic E-state index is 0.0227. The van der Waals surface area contributed by atoms with E-state index < -0.39 is 0 Å². The predicted octanol–water partition coefficient (Wildman–Crippen LogP) is 10.1. The summed E-state index contributed by atoms with van der Waals surface area (Å²) in [5, 5.41) is 12.1. The number of hydrogen-bond acceptors (Lipinski definition) is 5. The maximum Gasteiger partial charge on any atom is 0.219 e. The van der Waals surface area contributed by atoms with Crippen LogP contribution in [-0.2, 0) is 5.41 Å². The smallest absolute Gasteiger partial charge is 0.219 e. The SMILES string of the molecule is [C-]#[N+]c1cccc2c1c1ccc(Oc3cccc(Oc4ccccn4)c3)cc1c1nnc(-c3c(C)cc(C(C)(C)C)cc3C)n21. The minimum Gasteiger partial charge on any atom is -0.457 e. The molecule has 220 valence electrons. The zero-order valence-corrected chi connectivity index (χ0v) is 25.8. The molecule has 0 unspecified atom stereocenters. The summed E-state index contributed by atoms with van der Waals surface area (Å²) in [6.07, 6.45) is 1.69. The Morgan fingerprint density at radius 1 is 0.733 bits per heavy atom. The summed E-state index contributed by atoms with van der Waals surface area (Å²) in [7, 11) is 0. The van der Waals surface area contributed by atoms with E-state index in [1.54, 1.807) is 12.3 Å². The highest BCUT2D eigenvalue weighted by Crippen LogP contribution is 2.40. The van der Waals surface area contributed by atoms with Gasteiger partial charge < -0.3 is 9.47 Å². The number of aromatic nitrogens is 4. The molecule has 0 saturated heterocycles. The van der Waals surface area contributed by atoms with Crippen LogP contribution in [0.15, 0.2) is 97.2 Å². The minimum atomic E-state index is 0.0227. The zero-order valence-electron chi connectivity index (χ0n) is 25.8. The molecule has 0 aliphatic heterocycles. The Morgan fingerprint density at radius 2 is 1.47 bits per heavy atom. The second-order valence-corrected chi connectivity index (χ2v) is 12.3. The van der Waals surface area contributed by atoms with Crippen LogP contribution in [0.5, 0.6) is 23.1 Å². The van der Waals surface area contributed by atoms with Crippen molar-refractivity contribution in [1.29, 1.82) is 0 Å².